The van der Waals surface area contributed by atoms with Crippen LogP contribution in [0.3, 0.4) is 0 Å². The van der Waals surface area contributed by atoms with Crippen LogP contribution in [0.2, 0.25) is 0 Å². The quantitative estimate of drug-likeness (QED) is 0.623. The molecule has 0 saturated heterocycles. The Morgan fingerprint density at radius 2 is 2.05 bits per heavy atom. The lowest BCUT2D eigenvalue weighted by atomic mass is 9.92. The van der Waals surface area contributed by atoms with Crippen LogP contribution in [0, 0.1) is 0 Å². The van der Waals surface area contributed by atoms with E-state index in [1.807, 2.05) is 12.2 Å². The molecule has 0 spiro atoms. The lowest BCUT2D eigenvalue weighted by Crippen LogP contribution is -2.51. The maximum absolute atomic E-state index is 11.2. The third kappa shape index (κ3) is 5.30. The van der Waals surface area contributed by atoms with Crippen LogP contribution in [0.5, 0.6) is 0 Å². The summed E-state index contributed by atoms with van der Waals surface area (Å²) in [5.41, 5.74) is 1.48. The molecule has 1 heterocycles. The van der Waals surface area contributed by atoms with Gasteiger partial charge in [0.05, 0.1) is 6.04 Å². The summed E-state index contributed by atoms with van der Waals surface area (Å²) in [4.78, 5) is 22.2. The molecule has 0 radical (unpaired) electrons. The zero-order valence-corrected chi connectivity index (χ0v) is 13.3. The summed E-state index contributed by atoms with van der Waals surface area (Å²) in [5, 5.41) is 3.43. The number of rotatable bonds is 5. The van der Waals surface area contributed by atoms with Crippen LogP contribution in [0.1, 0.15) is 46.0 Å². The van der Waals surface area contributed by atoms with Gasteiger partial charge in [-0.15, -0.1) is 0 Å². The molecule has 5 heteroatoms. The largest absolute Gasteiger partial charge is 0.464 e. The zero-order valence-electron chi connectivity index (χ0n) is 13.3. The molecule has 2 rings (SSSR count). The second kappa shape index (κ2) is 8.13. The number of allylic oxidation sites excluding steroid dienone is 1. The molecule has 1 aliphatic heterocycles. The Hall–Kier alpha value is -1.62. The summed E-state index contributed by atoms with van der Waals surface area (Å²) in [5.74, 6) is -0.665. The predicted molar refractivity (Wildman–Crippen MR) is 83.2 cm³/mol. The van der Waals surface area contributed by atoms with Crippen LogP contribution in [-0.4, -0.2) is 36.7 Å². The van der Waals surface area contributed by atoms with Gasteiger partial charge in [0, 0.05) is 19.9 Å². The van der Waals surface area contributed by atoms with E-state index in [1.54, 1.807) is 0 Å². The highest BCUT2D eigenvalue weighted by Crippen LogP contribution is 2.23. The average molecular weight is 307 g/mol. The SMILES string of the molecule is CC(=O)OC[C@H]1N[C@@H](CC2=CCCCC2)C=C[C@@H]1OC(C)=O. The molecule has 0 aromatic heterocycles. The lowest BCUT2D eigenvalue weighted by Gasteiger charge is -2.33. The van der Waals surface area contributed by atoms with E-state index >= 15 is 0 Å². The number of carbonyl (C=O) groups is 2. The molecular formula is C17H25NO4. The van der Waals surface area contributed by atoms with Gasteiger partial charge in [0.15, 0.2) is 0 Å². The van der Waals surface area contributed by atoms with Gasteiger partial charge < -0.3 is 14.8 Å². The van der Waals surface area contributed by atoms with E-state index in [-0.39, 0.29) is 30.6 Å². The highest BCUT2D eigenvalue weighted by Gasteiger charge is 2.29. The molecule has 5 nitrogen and oxygen atoms in total. The zero-order chi connectivity index (χ0) is 15.9. The van der Waals surface area contributed by atoms with E-state index in [9.17, 15) is 9.59 Å². The second-order valence-corrected chi connectivity index (χ2v) is 5.95. The first-order valence-electron chi connectivity index (χ1n) is 7.97. The van der Waals surface area contributed by atoms with Crippen molar-refractivity contribution in [1.29, 1.82) is 0 Å². The van der Waals surface area contributed by atoms with Crippen LogP contribution in [0.15, 0.2) is 23.8 Å². The Morgan fingerprint density at radius 1 is 1.23 bits per heavy atom. The number of esters is 2. The lowest BCUT2D eigenvalue weighted by molar-refractivity contribution is -0.148. The van der Waals surface area contributed by atoms with Crippen molar-refractivity contribution < 1.29 is 19.1 Å². The Bertz CT molecular complexity index is 469. The van der Waals surface area contributed by atoms with Gasteiger partial charge in [-0.3, -0.25) is 9.59 Å². The second-order valence-electron chi connectivity index (χ2n) is 5.95. The Kier molecular flexibility index (Phi) is 6.19. The molecule has 0 amide bonds. The fourth-order valence-electron chi connectivity index (χ4n) is 2.97. The summed E-state index contributed by atoms with van der Waals surface area (Å²) >= 11 is 0. The molecule has 1 aliphatic carbocycles. The Labute approximate surface area is 131 Å². The van der Waals surface area contributed by atoms with Gasteiger partial charge >= 0.3 is 11.9 Å². The minimum Gasteiger partial charge on any atom is -0.464 e. The highest BCUT2D eigenvalue weighted by molar-refractivity contribution is 5.67. The molecule has 1 N–H and O–H groups in total. The minimum absolute atomic E-state index is 0.191. The van der Waals surface area contributed by atoms with Crippen molar-refractivity contribution in [2.75, 3.05) is 6.61 Å². The van der Waals surface area contributed by atoms with Crippen LogP contribution in [-0.2, 0) is 19.1 Å². The number of hydrogen-bond donors (Lipinski definition) is 1. The average Bonchev–Trinajstić information content (AvgIpc) is 2.48. The van der Waals surface area contributed by atoms with Crippen LogP contribution < -0.4 is 5.32 Å². The smallest absolute Gasteiger partial charge is 0.303 e. The molecule has 0 aromatic rings. The van der Waals surface area contributed by atoms with Crippen LogP contribution in [0.25, 0.3) is 0 Å². The molecule has 0 unspecified atom stereocenters. The first kappa shape index (κ1) is 16.7. The summed E-state index contributed by atoms with van der Waals surface area (Å²) < 4.78 is 10.4. The van der Waals surface area contributed by atoms with E-state index in [0.29, 0.717) is 0 Å². The molecule has 2 aliphatic rings. The van der Waals surface area contributed by atoms with Gasteiger partial charge in [-0.1, -0.05) is 17.7 Å². The number of ether oxygens (including phenoxy) is 2. The van der Waals surface area contributed by atoms with Crippen molar-refractivity contribution in [1.82, 2.24) is 5.32 Å². The maximum Gasteiger partial charge on any atom is 0.303 e. The van der Waals surface area contributed by atoms with Crippen molar-refractivity contribution in [2.24, 2.45) is 0 Å². The van der Waals surface area contributed by atoms with Gasteiger partial charge in [-0.05, 0) is 38.2 Å². The normalized spacial score (nSPS) is 27.9. The molecule has 122 valence electrons. The number of carbonyl (C=O) groups excluding carboxylic acids is 2. The third-order valence-electron chi connectivity index (χ3n) is 3.99. The standard InChI is InChI=1S/C17H25NO4/c1-12(19)21-11-16-17(22-13(2)20)9-8-15(18-16)10-14-6-4-3-5-7-14/h6,8-9,15-18H,3-5,7,10-11H2,1-2H3/t15-,16-,17+/m1/s1. The highest BCUT2D eigenvalue weighted by atomic mass is 16.6. The van der Waals surface area contributed by atoms with E-state index < -0.39 is 6.10 Å². The van der Waals surface area contributed by atoms with Gasteiger partial charge in [0.1, 0.15) is 12.7 Å². The topological polar surface area (TPSA) is 64.6 Å². The van der Waals surface area contributed by atoms with Crippen molar-refractivity contribution >= 4 is 11.9 Å². The molecule has 0 aromatic carbocycles. The van der Waals surface area contributed by atoms with E-state index in [2.05, 4.69) is 11.4 Å². The van der Waals surface area contributed by atoms with E-state index in [0.717, 1.165) is 12.8 Å². The Balaban J connectivity index is 1.97. The Morgan fingerprint density at radius 3 is 2.68 bits per heavy atom. The third-order valence-corrected chi connectivity index (χ3v) is 3.99. The molecule has 0 fully saturated rings. The predicted octanol–water partition coefficient (Wildman–Crippen LogP) is 2.27. The molecule has 22 heavy (non-hydrogen) atoms. The molecule has 0 bridgehead atoms. The first-order chi connectivity index (χ1) is 10.5. The molecular weight excluding hydrogens is 282 g/mol. The van der Waals surface area contributed by atoms with Crippen molar-refractivity contribution in [2.45, 2.75) is 64.1 Å². The fourth-order valence-corrected chi connectivity index (χ4v) is 2.97. The minimum atomic E-state index is -0.395. The van der Waals surface area contributed by atoms with Gasteiger partial charge in [-0.2, -0.15) is 0 Å². The van der Waals surface area contributed by atoms with Crippen molar-refractivity contribution in [3.63, 3.8) is 0 Å². The van der Waals surface area contributed by atoms with E-state index in [1.165, 1.54) is 38.7 Å². The van der Waals surface area contributed by atoms with Crippen LogP contribution >= 0.6 is 0 Å². The van der Waals surface area contributed by atoms with Gasteiger partial charge in [0.25, 0.3) is 0 Å². The van der Waals surface area contributed by atoms with Crippen LogP contribution in [0.4, 0.5) is 0 Å². The number of nitrogens with one attached hydrogen (secondary N) is 1. The van der Waals surface area contributed by atoms with Gasteiger partial charge in [-0.25, -0.2) is 0 Å². The van der Waals surface area contributed by atoms with E-state index in [4.69, 9.17) is 9.47 Å². The summed E-state index contributed by atoms with van der Waals surface area (Å²) in [6.45, 7) is 2.96. The summed E-state index contributed by atoms with van der Waals surface area (Å²) in [6.07, 6.45) is 11.7. The fraction of sp³-hybridized carbons (Fsp3) is 0.647. The van der Waals surface area contributed by atoms with Crippen molar-refractivity contribution in [3.05, 3.63) is 23.8 Å². The first-order valence-corrected chi connectivity index (χ1v) is 7.97. The molecule has 3 atom stereocenters. The molecule has 0 saturated carbocycles. The van der Waals surface area contributed by atoms with Crippen molar-refractivity contribution in [3.8, 4) is 0 Å². The monoisotopic (exact) mass is 307 g/mol. The summed E-state index contributed by atoms with van der Waals surface area (Å²) in [7, 11) is 0. The van der Waals surface area contributed by atoms with Gasteiger partial charge in [0.2, 0.25) is 0 Å². The maximum atomic E-state index is 11.2. The summed E-state index contributed by atoms with van der Waals surface area (Å²) in [6, 6.07) is -0.0105. The number of hydrogen-bond acceptors (Lipinski definition) is 5.